The summed E-state index contributed by atoms with van der Waals surface area (Å²) in [5, 5.41) is 20.6. The fraction of sp³-hybridized carbons (Fsp3) is 0.273. The van der Waals surface area contributed by atoms with Crippen LogP contribution < -0.4 is 14.9 Å². The highest BCUT2D eigenvalue weighted by Crippen LogP contribution is 2.10. The minimum atomic E-state index is -3.78. The van der Waals surface area contributed by atoms with Crippen molar-refractivity contribution in [2.75, 3.05) is 6.54 Å². The average Bonchev–Trinajstić information content (AvgIpc) is 2.34. The Balaban J connectivity index is 2.66. The van der Waals surface area contributed by atoms with E-state index >= 15 is 0 Å². The second-order valence-electron chi connectivity index (χ2n) is 3.69. The molecular formula is C11H11NO6S-2. The zero-order valence-corrected chi connectivity index (χ0v) is 10.6. The molecule has 1 aromatic rings. The summed E-state index contributed by atoms with van der Waals surface area (Å²) >= 11 is 0. The Morgan fingerprint density at radius 1 is 1.11 bits per heavy atom. The van der Waals surface area contributed by atoms with E-state index in [1.165, 1.54) is 0 Å². The van der Waals surface area contributed by atoms with Crippen molar-refractivity contribution in [3.63, 3.8) is 0 Å². The van der Waals surface area contributed by atoms with Crippen LogP contribution in [0.4, 0.5) is 0 Å². The van der Waals surface area contributed by atoms with Crippen LogP contribution in [0.3, 0.4) is 0 Å². The molecule has 0 saturated carbocycles. The fourth-order valence-electron chi connectivity index (χ4n) is 1.29. The molecule has 7 nitrogen and oxygen atoms in total. The molecule has 104 valence electrons. The van der Waals surface area contributed by atoms with Gasteiger partial charge in [0, 0.05) is 12.5 Å². The van der Waals surface area contributed by atoms with Gasteiger partial charge in [0.25, 0.3) is 0 Å². The standard InChI is InChI=1S/C11H13NO6S/c13-10(14)2-1-7-12-19(17,18)9-5-3-8(4-6-9)11(15)16/h3-6,12H,1-2,7H2,(H,13,14)(H,15,16)/p-2. The van der Waals surface area contributed by atoms with Gasteiger partial charge < -0.3 is 19.8 Å². The maximum absolute atomic E-state index is 11.7. The van der Waals surface area contributed by atoms with Crippen LogP contribution in [0.15, 0.2) is 29.2 Å². The molecule has 0 aliphatic rings. The molecule has 0 aromatic heterocycles. The highest BCUT2D eigenvalue weighted by molar-refractivity contribution is 7.89. The number of hydrogen-bond donors (Lipinski definition) is 1. The number of carboxylic acids is 2. The lowest BCUT2D eigenvalue weighted by Gasteiger charge is -2.08. The van der Waals surface area contributed by atoms with Gasteiger partial charge in [-0.05, 0) is 30.5 Å². The van der Waals surface area contributed by atoms with Crippen molar-refractivity contribution in [1.82, 2.24) is 4.72 Å². The van der Waals surface area contributed by atoms with Gasteiger partial charge in [-0.1, -0.05) is 12.1 Å². The third-order valence-electron chi connectivity index (χ3n) is 2.25. The van der Waals surface area contributed by atoms with E-state index in [2.05, 4.69) is 4.72 Å². The molecule has 19 heavy (non-hydrogen) atoms. The molecule has 1 aromatic carbocycles. The van der Waals surface area contributed by atoms with Gasteiger partial charge in [0.1, 0.15) is 0 Å². The fourth-order valence-corrected chi connectivity index (χ4v) is 2.37. The van der Waals surface area contributed by atoms with E-state index in [0.29, 0.717) is 0 Å². The minimum Gasteiger partial charge on any atom is -0.550 e. The number of aromatic carboxylic acids is 1. The summed E-state index contributed by atoms with van der Waals surface area (Å²) in [6, 6.07) is 4.49. The SMILES string of the molecule is O=C([O-])CCCNS(=O)(=O)c1ccc(C(=O)[O-])cc1. The van der Waals surface area contributed by atoms with Gasteiger partial charge in [-0.3, -0.25) is 0 Å². The van der Waals surface area contributed by atoms with Crippen molar-refractivity contribution >= 4 is 22.0 Å². The number of benzene rings is 1. The first-order valence-corrected chi connectivity index (χ1v) is 6.82. The number of sulfonamides is 1. The number of hydrogen-bond acceptors (Lipinski definition) is 6. The zero-order valence-electron chi connectivity index (χ0n) is 9.79. The topological polar surface area (TPSA) is 126 Å². The van der Waals surface area contributed by atoms with Crippen LogP contribution in [-0.2, 0) is 14.8 Å². The number of aliphatic carboxylic acids is 1. The third kappa shape index (κ3) is 4.68. The Bertz CT molecular complexity index is 563. The molecule has 0 aliphatic heterocycles. The highest BCUT2D eigenvalue weighted by atomic mass is 32.2. The molecule has 0 bridgehead atoms. The van der Waals surface area contributed by atoms with Crippen molar-refractivity contribution in [2.24, 2.45) is 0 Å². The summed E-state index contributed by atoms with van der Waals surface area (Å²) in [5.41, 5.74) is -0.129. The highest BCUT2D eigenvalue weighted by Gasteiger charge is 2.12. The van der Waals surface area contributed by atoms with Gasteiger partial charge in [-0.25, -0.2) is 13.1 Å². The summed E-state index contributed by atoms with van der Waals surface area (Å²) in [7, 11) is -3.78. The first kappa shape index (κ1) is 15.1. The predicted molar refractivity (Wildman–Crippen MR) is 60.2 cm³/mol. The molecule has 0 aliphatic carbocycles. The number of carboxylic acid groups (broad SMARTS) is 2. The van der Waals surface area contributed by atoms with Crippen LogP contribution >= 0.6 is 0 Å². The van der Waals surface area contributed by atoms with Crippen molar-refractivity contribution in [3.8, 4) is 0 Å². The normalized spacial score (nSPS) is 11.2. The Morgan fingerprint density at radius 2 is 1.68 bits per heavy atom. The Kier molecular flexibility index (Phi) is 5.02. The lowest BCUT2D eigenvalue weighted by atomic mass is 10.2. The Hall–Kier alpha value is -1.93. The molecular weight excluding hydrogens is 274 g/mol. The Labute approximate surface area is 109 Å². The van der Waals surface area contributed by atoms with Crippen molar-refractivity contribution in [3.05, 3.63) is 29.8 Å². The van der Waals surface area contributed by atoms with Crippen LogP contribution in [-0.4, -0.2) is 26.9 Å². The second-order valence-corrected chi connectivity index (χ2v) is 5.45. The van der Waals surface area contributed by atoms with Gasteiger partial charge in [0.2, 0.25) is 10.0 Å². The molecule has 1 N–H and O–H groups in total. The molecule has 8 heteroatoms. The van der Waals surface area contributed by atoms with E-state index in [4.69, 9.17) is 0 Å². The minimum absolute atomic E-state index is 0.0431. The monoisotopic (exact) mass is 285 g/mol. The largest absolute Gasteiger partial charge is 0.550 e. The quantitative estimate of drug-likeness (QED) is 0.569. The van der Waals surface area contributed by atoms with E-state index in [1.807, 2.05) is 0 Å². The van der Waals surface area contributed by atoms with Crippen LogP contribution in [0, 0.1) is 0 Å². The van der Waals surface area contributed by atoms with Crippen molar-refractivity contribution in [2.45, 2.75) is 17.7 Å². The summed E-state index contributed by atoms with van der Waals surface area (Å²) < 4.78 is 25.6. The van der Waals surface area contributed by atoms with E-state index in [0.717, 1.165) is 24.3 Å². The summed E-state index contributed by atoms with van der Waals surface area (Å²) in [5.74, 6) is -2.65. The van der Waals surface area contributed by atoms with Gasteiger partial charge >= 0.3 is 0 Å². The molecule has 0 fully saturated rings. The molecule has 0 spiro atoms. The van der Waals surface area contributed by atoms with Crippen molar-refractivity contribution < 1.29 is 28.2 Å². The molecule has 0 saturated heterocycles. The summed E-state index contributed by atoms with van der Waals surface area (Å²) in [6.45, 7) is -0.0431. The van der Waals surface area contributed by atoms with Gasteiger partial charge in [-0.2, -0.15) is 0 Å². The maximum Gasteiger partial charge on any atom is 0.240 e. The van der Waals surface area contributed by atoms with Crippen molar-refractivity contribution in [1.29, 1.82) is 0 Å². The van der Waals surface area contributed by atoms with E-state index in [-0.39, 0.29) is 29.8 Å². The van der Waals surface area contributed by atoms with Gasteiger partial charge in [0.05, 0.1) is 10.9 Å². The first-order valence-electron chi connectivity index (χ1n) is 5.34. The lowest BCUT2D eigenvalue weighted by Crippen LogP contribution is -2.28. The van der Waals surface area contributed by atoms with E-state index in [1.54, 1.807) is 0 Å². The smallest absolute Gasteiger partial charge is 0.240 e. The summed E-state index contributed by atoms with van der Waals surface area (Å²) in [6.07, 6.45) is -0.134. The number of nitrogens with one attached hydrogen (secondary N) is 1. The molecule has 0 atom stereocenters. The Morgan fingerprint density at radius 3 is 2.16 bits per heavy atom. The average molecular weight is 285 g/mol. The first-order chi connectivity index (χ1) is 8.83. The van der Waals surface area contributed by atoms with Crippen LogP contribution in [0.2, 0.25) is 0 Å². The molecule has 0 radical (unpaired) electrons. The molecule has 1 rings (SSSR count). The number of carbonyl (C=O) groups is 2. The zero-order chi connectivity index (χ0) is 14.5. The molecule has 0 unspecified atom stereocenters. The van der Waals surface area contributed by atoms with Crippen LogP contribution in [0.1, 0.15) is 23.2 Å². The van der Waals surface area contributed by atoms with Crippen LogP contribution in [0.25, 0.3) is 0 Å². The van der Waals surface area contributed by atoms with E-state index < -0.39 is 22.0 Å². The van der Waals surface area contributed by atoms with Gasteiger partial charge in [0.15, 0.2) is 0 Å². The maximum atomic E-state index is 11.7. The molecule has 0 amide bonds. The van der Waals surface area contributed by atoms with Gasteiger partial charge in [-0.15, -0.1) is 0 Å². The number of carbonyl (C=O) groups excluding carboxylic acids is 2. The predicted octanol–water partition coefficient (Wildman–Crippen LogP) is -2.14. The second kappa shape index (κ2) is 6.30. The molecule has 0 heterocycles. The lowest BCUT2D eigenvalue weighted by molar-refractivity contribution is -0.305. The summed E-state index contributed by atoms with van der Waals surface area (Å²) in [4.78, 5) is 20.5. The van der Waals surface area contributed by atoms with Crippen LogP contribution in [0.5, 0.6) is 0 Å². The van der Waals surface area contributed by atoms with E-state index in [9.17, 15) is 28.2 Å². The number of rotatable bonds is 7. The third-order valence-corrected chi connectivity index (χ3v) is 3.73.